The molecular weight excluding hydrogens is 272 g/mol. The fourth-order valence-electron chi connectivity index (χ4n) is 0.773. The molecule has 5 heteroatoms. The fourth-order valence-corrected chi connectivity index (χ4v) is 3.58. The second-order valence-electron chi connectivity index (χ2n) is 2.06. The predicted molar refractivity (Wildman–Crippen MR) is 43.6 cm³/mol. The summed E-state index contributed by atoms with van der Waals surface area (Å²) >= 11 is 6.19. The van der Waals surface area contributed by atoms with Crippen LogP contribution in [0.25, 0.3) is 0 Å². The molecular formula is C4H6Br2O2S. The molecule has 0 N–H and O–H groups in total. The molecule has 1 saturated heterocycles. The Morgan fingerprint density at radius 2 is 1.89 bits per heavy atom. The molecule has 0 aromatic carbocycles. The van der Waals surface area contributed by atoms with E-state index in [2.05, 4.69) is 31.9 Å². The van der Waals surface area contributed by atoms with Gasteiger partial charge in [0.25, 0.3) is 0 Å². The van der Waals surface area contributed by atoms with Crippen molar-refractivity contribution in [1.29, 1.82) is 0 Å². The van der Waals surface area contributed by atoms with Gasteiger partial charge in [-0.2, -0.15) is 0 Å². The summed E-state index contributed by atoms with van der Waals surface area (Å²) in [5.41, 5.74) is 0. The van der Waals surface area contributed by atoms with Crippen molar-refractivity contribution in [3.8, 4) is 0 Å². The van der Waals surface area contributed by atoms with Crippen molar-refractivity contribution in [2.24, 2.45) is 0 Å². The molecule has 0 spiro atoms. The highest BCUT2D eigenvalue weighted by atomic mass is 79.9. The van der Waals surface area contributed by atoms with Gasteiger partial charge in [0.2, 0.25) is 0 Å². The summed E-state index contributed by atoms with van der Waals surface area (Å²) in [7, 11) is -2.89. The van der Waals surface area contributed by atoms with Gasteiger partial charge >= 0.3 is 0 Å². The van der Waals surface area contributed by atoms with E-state index < -0.39 is 12.4 Å². The minimum atomic E-state index is -2.89. The zero-order chi connectivity index (χ0) is 7.12. The summed E-state index contributed by atoms with van der Waals surface area (Å²) in [6.07, 6.45) is 1.41. The zero-order valence-corrected chi connectivity index (χ0v) is 8.59. The van der Waals surface area contributed by atoms with E-state index in [4.69, 9.17) is 0 Å². The average molecular weight is 278 g/mol. The number of halogens is 2. The molecule has 1 aliphatic rings. The number of hydrogen-bond donors (Lipinski definition) is 0. The molecule has 1 fully saturated rings. The largest absolute Gasteiger partial charge is 0.226 e. The van der Waals surface area contributed by atoms with Crippen molar-refractivity contribution in [3.63, 3.8) is 0 Å². The molecule has 0 aromatic rings. The summed E-state index contributed by atoms with van der Waals surface area (Å²) in [4.78, 5) is 0. The van der Waals surface area contributed by atoms with Crippen molar-refractivity contribution in [1.82, 2.24) is 0 Å². The van der Waals surface area contributed by atoms with E-state index in [9.17, 15) is 8.42 Å². The lowest BCUT2D eigenvalue weighted by molar-refractivity contribution is 0.599. The first kappa shape index (κ1) is 8.01. The van der Waals surface area contributed by atoms with Crippen LogP contribution in [0.1, 0.15) is 12.8 Å². The third kappa shape index (κ3) is 1.33. The molecule has 54 valence electrons. The molecule has 0 atom stereocenters. The first-order valence-electron chi connectivity index (χ1n) is 2.56. The molecule has 0 aromatic heterocycles. The topological polar surface area (TPSA) is 34.1 Å². The second-order valence-corrected chi connectivity index (χ2v) is 9.22. The van der Waals surface area contributed by atoms with Crippen LogP contribution in [-0.2, 0) is 9.84 Å². The standard InChI is InChI=1S/C4H6Br2O2S/c5-4(6)2-1-3-9(4,7)8/h1-3H2. The Balaban J connectivity index is 3.03. The number of rotatable bonds is 0. The molecule has 1 heterocycles. The van der Waals surface area contributed by atoms with Crippen molar-refractivity contribution in [2.45, 2.75) is 15.4 Å². The van der Waals surface area contributed by atoms with Crippen LogP contribution in [0.15, 0.2) is 0 Å². The van der Waals surface area contributed by atoms with Gasteiger partial charge in [-0.15, -0.1) is 0 Å². The molecule has 1 rings (SSSR count). The molecule has 0 radical (unpaired) electrons. The van der Waals surface area contributed by atoms with Gasteiger partial charge in [0.1, 0.15) is 0 Å². The van der Waals surface area contributed by atoms with Crippen LogP contribution in [0.5, 0.6) is 0 Å². The quantitative estimate of drug-likeness (QED) is 0.631. The number of sulfone groups is 1. The number of hydrogen-bond acceptors (Lipinski definition) is 2. The summed E-state index contributed by atoms with van der Waals surface area (Å²) in [6.45, 7) is 0. The van der Waals surface area contributed by atoms with E-state index in [1.807, 2.05) is 0 Å². The Kier molecular flexibility index (Phi) is 1.96. The van der Waals surface area contributed by atoms with Crippen LogP contribution in [0.4, 0.5) is 0 Å². The summed E-state index contributed by atoms with van der Waals surface area (Å²) in [5.74, 6) is 0.295. The molecule has 0 amide bonds. The van der Waals surface area contributed by atoms with Gasteiger partial charge in [0.05, 0.1) is 5.75 Å². The zero-order valence-electron chi connectivity index (χ0n) is 4.60. The molecule has 0 saturated carbocycles. The van der Waals surface area contributed by atoms with Crippen LogP contribution >= 0.6 is 31.9 Å². The van der Waals surface area contributed by atoms with Gasteiger partial charge in [-0.3, -0.25) is 0 Å². The summed E-state index contributed by atoms with van der Waals surface area (Å²) in [6, 6.07) is 0. The van der Waals surface area contributed by atoms with Crippen molar-refractivity contribution in [3.05, 3.63) is 0 Å². The van der Waals surface area contributed by atoms with Crippen LogP contribution < -0.4 is 0 Å². The second kappa shape index (κ2) is 2.20. The Morgan fingerprint density at radius 1 is 1.33 bits per heavy atom. The molecule has 9 heavy (non-hydrogen) atoms. The van der Waals surface area contributed by atoms with Gasteiger partial charge < -0.3 is 0 Å². The average Bonchev–Trinajstić information content (AvgIpc) is 1.81. The van der Waals surface area contributed by atoms with Gasteiger partial charge in [-0.1, -0.05) is 31.9 Å². The van der Waals surface area contributed by atoms with Crippen molar-refractivity contribution >= 4 is 41.7 Å². The Labute approximate surface area is 71.2 Å². The fraction of sp³-hybridized carbons (Fsp3) is 1.00. The number of alkyl halides is 2. The van der Waals surface area contributed by atoms with Crippen LogP contribution in [0.3, 0.4) is 0 Å². The Morgan fingerprint density at radius 3 is 2.00 bits per heavy atom. The van der Waals surface area contributed by atoms with Gasteiger partial charge in [-0.05, 0) is 12.8 Å². The third-order valence-corrected chi connectivity index (χ3v) is 7.03. The van der Waals surface area contributed by atoms with Gasteiger partial charge in [-0.25, -0.2) is 8.42 Å². The summed E-state index contributed by atoms with van der Waals surface area (Å²) < 4.78 is 21.2. The molecule has 0 aliphatic carbocycles. The first-order valence-corrected chi connectivity index (χ1v) is 5.80. The van der Waals surface area contributed by atoms with E-state index in [-0.39, 0.29) is 0 Å². The Bertz CT molecular complexity index is 207. The van der Waals surface area contributed by atoms with Crippen molar-refractivity contribution in [2.75, 3.05) is 5.75 Å². The van der Waals surface area contributed by atoms with Gasteiger partial charge in [0.15, 0.2) is 12.4 Å². The third-order valence-electron chi connectivity index (χ3n) is 1.34. The predicted octanol–water partition coefficient (Wildman–Crippen LogP) is 1.64. The lowest BCUT2D eigenvalue weighted by Crippen LogP contribution is -2.18. The van der Waals surface area contributed by atoms with Crippen LogP contribution in [-0.4, -0.2) is 16.7 Å². The smallest absolute Gasteiger partial charge is 0.181 e. The van der Waals surface area contributed by atoms with Crippen LogP contribution in [0, 0.1) is 0 Å². The highest BCUT2D eigenvalue weighted by Crippen LogP contribution is 2.43. The maximum absolute atomic E-state index is 11.0. The van der Waals surface area contributed by atoms with E-state index in [1.165, 1.54) is 0 Å². The molecule has 2 nitrogen and oxygen atoms in total. The van der Waals surface area contributed by atoms with E-state index in [0.29, 0.717) is 12.2 Å². The maximum atomic E-state index is 11.0. The van der Waals surface area contributed by atoms with Crippen molar-refractivity contribution < 1.29 is 8.42 Å². The minimum absolute atomic E-state index is 0.295. The van der Waals surface area contributed by atoms with Gasteiger partial charge in [0, 0.05) is 0 Å². The SMILES string of the molecule is O=S1(=O)CCCC1(Br)Br. The normalized spacial score (nSPS) is 30.4. The Hall–Kier alpha value is 0.910. The molecule has 1 aliphatic heterocycles. The highest BCUT2D eigenvalue weighted by Gasteiger charge is 2.42. The molecule has 0 unspecified atom stereocenters. The molecule has 0 bridgehead atoms. The van der Waals surface area contributed by atoms with Crippen LogP contribution in [0.2, 0.25) is 0 Å². The lowest BCUT2D eigenvalue weighted by atomic mass is 10.4. The first-order chi connectivity index (χ1) is 3.96. The maximum Gasteiger partial charge on any atom is 0.181 e. The monoisotopic (exact) mass is 276 g/mol. The van der Waals surface area contributed by atoms with E-state index >= 15 is 0 Å². The minimum Gasteiger partial charge on any atom is -0.226 e. The summed E-state index contributed by atoms with van der Waals surface area (Å²) in [5, 5.41) is 0. The highest BCUT2D eigenvalue weighted by molar-refractivity contribution is 9.27. The van der Waals surface area contributed by atoms with E-state index in [0.717, 1.165) is 6.42 Å². The lowest BCUT2D eigenvalue weighted by Gasteiger charge is -2.09. The van der Waals surface area contributed by atoms with E-state index in [1.54, 1.807) is 0 Å².